The highest BCUT2D eigenvalue weighted by Crippen LogP contribution is 2.42. The number of nitrogens with zero attached hydrogens (tertiary/aromatic N) is 2. The van der Waals surface area contributed by atoms with Crippen molar-refractivity contribution in [2.24, 2.45) is 16.9 Å². The smallest absolute Gasteiger partial charge is 0.435 e. The molecule has 12 heteroatoms. The summed E-state index contributed by atoms with van der Waals surface area (Å²) in [6, 6.07) is 3.63. The first-order valence-electron chi connectivity index (χ1n) is 12.6. The lowest BCUT2D eigenvalue weighted by molar-refractivity contribution is -0.151. The molecule has 0 unspecified atom stereocenters. The number of ether oxygens (including phenoxy) is 1. The van der Waals surface area contributed by atoms with Crippen molar-refractivity contribution in [2.75, 3.05) is 5.32 Å². The number of primary amides is 1. The van der Waals surface area contributed by atoms with E-state index >= 15 is 0 Å². The van der Waals surface area contributed by atoms with Crippen molar-refractivity contribution in [3.63, 3.8) is 0 Å². The SMILES string of the molecule is C[C@H](N)C(=O)OC1CCC(Nc2cc(-n3nc(C(F)(F)F)c4c3CC(C)(C)CC4=O)ccc2C(N)=O)CC1. The lowest BCUT2D eigenvalue weighted by Gasteiger charge is -2.31. The van der Waals surface area contributed by atoms with E-state index in [0.29, 0.717) is 31.4 Å². The first kappa shape index (κ1) is 27.6. The van der Waals surface area contributed by atoms with Gasteiger partial charge < -0.3 is 21.5 Å². The second-order valence-corrected chi connectivity index (χ2v) is 11.0. The number of carbonyl (C=O) groups excluding carboxylic acids is 3. The van der Waals surface area contributed by atoms with Gasteiger partial charge in [0.1, 0.15) is 12.1 Å². The summed E-state index contributed by atoms with van der Waals surface area (Å²) in [5, 5.41) is 7.12. The van der Waals surface area contributed by atoms with Gasteiger partial charge in [0, 0.05) is 18.2 Å². The molecule has 4 rings (SSSR count). The number of nitrogens with two attached hydrogens (primary N) is 2. The van der Waals surface area contributed by atoms with Crippen LogP contribution in [0.3, 0.4) is 0 Å². The molecule has 0 spiro atoms. The van der Waals surface area contributed by atoms with Gasteiger partial charge in [-0.3, -0.25) is 14.4 Å². The largest absolute Gasteiger partial charge is 0.461 e. The number of halogens is 3. The lowest BCUT2D eigenvalue weighted by atomic mass is 9.75. The van der Waals surface area contributed by atoms with Gasteiger partial charge in [0.2, 0.25) is 0 Å². The molecule has 1 saturated carbocycles. The van der Waals surface area contributed by atoms with Crippen LogP contribution >= 0.6 is 0 Å². The number of carbonyl (C=O) groups is 3. The molecule has 1 amide bonds. The Bertz CT molecular complexity index is 1260. The number of hydrogen-bond donors (Lipinski definition) is 3. The Morgan fingerprint density at radius 3 is 2.42 bits per heavy atom. The molecule has 0 radical (unpaired) electrons. The minimum Gasteiger partial charge on any atom is -0.461 e. The van der Waals surface area contributed by atoms with E-state index in [1.54, 1.807) is 6.92 Å². The molecule has 0 aliphatic heterocycles. The first-order valence-corrected chi connectivity index (χ1v) is 12.6. The molecule has 38 heavy (non-hydrogen) atoms. The number of ketones is 1. The summed E-state index contributed by atoms with van der Waals surface area (Å²) in [6.45, 7) is 5.20. The third-order valence-corrected chi connectivity index (χ3v) is 7.02. The van der Waals surface area contributed by atoms with E-state index in [-0.39, 0.29) is 41.9 Å². The monoisotopic (exact) mass is 535 g/mol. The summed E-state index contributed by atoms with van der Waals surface area (Å²) >= 11 is 0. The third-order valence-electron chi connectivity index (χ3n) is 7.02. The van der Waals surface area contributed by atoms with Crippen LogP contribution in [-0.4, -0.2) is 45.6 Å². The number of rotatable bonds is 6. The highest BCUT2D eigenvalue weighted by molar-refractivity contribution is 6.00. The van der Waals surface area contributed by atoms with Crippen LogP contribution in [0.1, 0.15) is 85.0 Å². The zero-order chi connectivity index (χ0) is 28.0. The number of esters is 1. The van der Waals surface area contributed by atoms with Crippen LogP contribution in [0.25, 0.3) is 5.69 Å². The third kappa shape index (κ3) is 5.69. The number of aromatic nitrogens is 2. The zero-order valence-corrected chi connectivity index (χ0v) is 21.5. The molecule has 1 aromatic heterocycles. The molecule has 2 aliphatic rings. The minimum absolute atomic E-state index is 0.00955. The zero-order valence-electron chi connectivity index (χ0n) is 21.5. The summed E-state index contributed by atoms with van der Waals surface area (Å²) < 4.78 is 48.1. The molecule has 2 aromatic rings. The molecule has 1 aromatic carbocycles. The molecule has 1 heterocycles. The molecule has 0 saturated heterocycles. The van der Waals surface area contributed by atoms with Gasteiger partial charge in [-0.1, -0.05) is 13.8 Å². The van der Waals surface area contributed by atoms with Crippen LogP contribution in [0.4, 0.5) is 18.9 Å². The van der Waals surface area contributed by atoms with Crippen LogP contribution in [0, 0.1) is 5.41 Å². The Kier molecular flexibility index (Phi) is 7.30. The molecule has 1 fully saturated rings. The fourth-order valence-corrected chi connectivity index (χ4v) is 5.17. The van der Waals surface area contributed by atoms with Crippen LogP contribution in [0.2, 0.25) is 0 Å². The second kappa shape index (κ2) is 10.0. The summed E-state index contributed by atoms with van der Waals surface area (Å²) in [5.41, 5.74) is 9.98. The molecule has 206 valence electrons. The molecular weight excluding hydrogens is 503 g/mol. The Morgan fingerprint density at radius 1 is 1.18 bits per heavy atom. The normalized spacial score (nSPS) is 21.9. The van der Waals surface area contributed by atoms with Crippen molar-refractivity contribution in [1.29, 1.82) is 0 Å². The maximum atomic E-state index is 13.8. The summed E-state index contributed by atoms with van der Waals surface area (Å²) in [6.07, 6.45) is -2.43. The highest BCUT2D eigenvalue weighted by Gasteiger charge is 2.45. The van der Waals surface area contributed by atoms with E-state index in [4.69, 9.17) is 16.2 Å². The number of nitrogens with one attached hydrogen (secondary N) is 1. The average Bonchev–Trinajstić information content (AvgIpc) is 3.19. The minimum atomic E-state index is -4.80. The number of hydrogen-bond acceptors (Lipinski definition) is 7. The Labute approximate surface area is 218 Å². The number of anilines is 1. The molecule has 1 atom stereocenters. The number of amides is 1. The first-order chi connectivity index (χ1) is 17.7. The van der Waals surface area contributed by atoms with Gasteiger partial charge in [0.25, 0.3) is 5.91 Å². The van der Waals surface area contributed by atoms with Gasteiger partial charge in [0.05, 0.1) is 22.5 Å². The predicted molar refractivity (Wildman–Crippen MR) is 133 cm³/mol. The van der Waals surface area contributed by atoms with Gasteiger partial charge in [-0.05, 0) is 62.6 Å². The van der Waals surface area contributed by atoms with Crippen LogP contribution in [0.5, 0.6) is 0 Å². The highest BCUT2D eigenvalue weighted by atomic mass is 19.4. The molecule has 5 N–H and O–H groups in total. The van der Waals surface area contributed by atoms with Gasteiger partial charge >= 0.3 is 12.1 Å². The Balaban J connectivity index is 1.65. The fourth-order valence-electron chi connectivity index (χ4n) is 5.17. The van der Waals surface area contributed by atoms with Crippen LogP contribution in [-0.2, 0) is 22.1 Å². The van der Waals surface area contributed by atoms with Gasteiger partial charge in [-0.2, -0.15) is 18.3 Å². The molecular formula is C26H32F3N5O4. The number of alkyl halides is 3. The lowest BCUT2D eigenvalue weighted by Crippen LogP contribution is -2.36. The molecule has 0 bridgehead atoms. The number of fused-ring (bicyclic) bond motifs is 1. The van der Waals surface area contributed by atoms with E-state index in [1.807, 2.05) is 13.8 Å². The quantitative estimate of drug-likeness (QED) is 0.478. The van der Waals surface area contributed by atoms with Crippen LogP contribution < -0.4 is 16.8 Å². The topological polar surface area (TPSA) is 142 Å². The maximum absolute atomic E-state index is 13.8. The van der Waals surface area contributed by atoms with E-state index in [0.717, 1.165) is 4.68 Å². The van der Waals surface area contributed by atoms with Gasteiger partial charge in [0.15, 0.2) is 11.5 Å². The summed E-state index contributed by atoms with van der Waals surface area (Å²) in [5.74, 6) is -1.76. The van der Waals surface area contributed by atoms with Gasteiger partial charge in [-0.25, -0.2) is 4.68 Å². The predicted octanol–water partition coefficient (Wildman–Crippen LogP) is 3.76. The van der Waals surface area contributed by atoms with Crippen LogP contribution in [0.15, 0.2) is 18.2 Å². The van der Waals surface area contributed by atoms with E-state index in [1.165, 1.54) is 18.2 Å². The van der Waals surface area contributed by atoms with Crippen molar-refractivity contribution in [1.82, 2.24) is 9.78 Å². The van der Waals surface area contributed by atoms with Crippen molar-refractivity contribution in [3.8, 4) is 5.69 Å². The van der Waals surface area contributed by atoms with Crippen molar-refractivity contribution < 1.29 is 32.3 Å². The fraction of sp³-hybridized carbons (Fsp3) is 0.538. The van der Waals surface area contributed by atoms with E-state index in [2.05, 4.69) is 10.4 Å². The Hall–Kier alpha value is -3.41. The van der Waals surface area contributed by atoms with Gasteiger partial charge in [-0.15, -0.1) is 0 Å². The van der Waals surface area contributed by atoms with E-state index < -0.39 is 46.6 Å². The summed E-state index contributed by atoms with van der Waals surface area (Å²) in [7, 11) is 0. The average molecular weight is 536 g/mol. The standard InChI is InChI=1S/C26H32F3N5O4/c1-13(30)24(37)38-16-7-4-14(5-8-16)32-18-10-15(6-9-17(18)23(31)36)34-19-11-25(2,3)12-20(35)21(19)22(33-34)26(27,28)29/h6,9-10,13-14,16,32H,4-5,7-8,11-12,30H2,1-3H3,(H2,31,36)/t13-,14?,16?/m0/s1. The van der Waals surface area contributed by atoms with Crippen molar-refractivity contribution in [2.45, 2.75) is 83.7 Å². The number of benzene rings is 1. The summed E-state index contributed by atoms with van der Waals surface area (Å²) in [4.78, 5) is 36.7. The van der Waals surface area contributed by atoms with Crippen molar-refractivity contribution in [3.05, 3.63) is 40.7 Å². The number of Topliss-reactive ketones (excluding diaryl/α,β-unsaturated/α-hetero) is 1. The maximum Gasteiger partial charge on any atom is 0.435 e. The molecule has 2 aliphatic carbocycles. The second-order valence-electron chi connectivity index (χ2n) is 11.0. The van der Waals surface area contributed by atoms with Crippen molar-refractivity contribution >= 4 is 23.3 Å². The van der Waals surface area contributed by atoms with E-state index in [9.17, 15) is 27.6 Å². The Morgan fingerprint density at radius 2 is 1.84 bits per heavy atom. The molecule has 9 nitrogen and oxygen atoms in total.